The maximum absolute atomic E-state index is 12.3. The second-order valence-electron chi connectivity index (χ2n) is 6.49. The van der Waals surface area contributed by atoms with Crippen LogP contribution in [0.2, 0.25) is 0 Å². The number of nitrogens with zero attached hydrogens (tertiary/aromatic N) is 1. The number of esters is 1. The van der Waals surface area contributed by atoms with Crippen molar-refractivity contribution in [2.24, 2.45) is 11.8 Å². The number of hydrogen-bond donors (Lipinski definition) is 1. The molecule has 0 aliphatic heterocycles. The predicted molar refractivity (Wildman–Crippen MR) is 79.1 cm³/mol. The Labute approximate surface area is 130 Å². The van der Waals surface area contributed by atoms with Crippen LogP contribution in [0.4, 0.5) is 0 Å². The van der Waals surface area contributed by atoms with Crippen molar-refractivity contribution in [3.05, 3.63) is 0 Å². The lowest BCUT2D eigenvalue weighted by Gasteiger charge is -2.26. The van der Waals surface area contributed by atoms with Gasteiger partial charge in [-0.1, -0.05) is 13.8 Å². The van der Waals surface area contributed by atoms with Crippen molar-refractivity contribution in [3.8, 4) is 0 Å². The summed E-state index contributed by atoms with van der Waals surface area (Å²) in [6.45, 7) is 7.82. The van der Waals surface area contributed by atoms with Crippen molar-refractivity contribution in [1.82, 2.24) is 4.90 Å². The number of carbonyl (C=O) groups excluding carboxylic acids is 3. The number of carbonyl (C=O) groups is 4. The summed E-state index contributed by atoms with van der Waals surface area (Å²) < 4.78 is 5.09. The Bertz CT molecular complexity index is 424. The summed E-state index contributed by atoms with van der Waals surface area (Å²) in [4.78, 5) is 46.9. The van der Waals surface area contributed by atoms with Gasteiger partial charge in [0.15, 0.2) is 0 Å². The average Bonchev–Trinajstić information content (AvgIpc) is 2.31. The van der Waals surface area contributed by atoms with Crippen molar-refractivity contribution < 1.29 is 29.0 Å². The first kappa shape index (κ1) is 20.1. The molecule has 0 aromatic rings. The van der Waals surface area contributed by atoms with Gasteiger partial charge >= 0.3 is 11.9 Å². The first-order valence-corrected chi connectivity index (χ1v) is 7.15. The van der Waals surface area contributed by atoms with Crippen LogP contribution in [0.25, 0.3) is 0 Å². The topological polar surface area (TPSA) is 101 Å². The molecule has 1 N–H and O–H groups in total. The van der Waals surface area contributed by atoms with Gasteiger partial charge in [-0.15, -0.1) is 0 Å². The molecule has 1 unspecified atom stereocenters. The van der Waals surface area contributed by atoms with E-state index in [0.717, 1.165) is 4.90 Å². The summed E-state index contributed by atoms with van der Waals surface area (Å²) in [5.41, 5.74) is -0.725. The van der Waals surface area contributed by atoms with E-state index in [1.807, 2.05) is 0 Å². The zero-order valence-corrected chi connectivity index (χ0v) is 13.8. The molecule has 0 radical (unpaired) electrons. The van der Waals surface area contributed by atoms with E-state index < -0.39 is 35.9 Å². The van der Waals surface area contributed by atoms with Gasteiger partial charge in [-0.25, -0.2) is 0 Å². The van der Waals surface area contributed by atoms with Crippen LogP contribution in [-0.4, -0.2) is 52.8 Å². The second-order valence-corrected chi connectivity index (χ2v) is 6.49. The van der Waals surface area contributed by atoms with E-state index in [2.05, 4.69) is 0 Å². The van der Waals surface area contributed by atoms with E-state index in [4.69, 9.17) is 4.74 Å². The van der Waals surface area contributed by atoms with Crippen molar-refractivity contribution in [2.75, 3.05) is 13.1 Å². The molecule has 7 nitrogen and oxygen atoms in total. The highest BCUT2D eigenvalue weighted by Gasteiger charge is 2.32. The molecule has 0 spiro atoms. The third-order valence-electron chi connectivity index (χ3n) is 2.65. The normalized spacial score (nSPS) is 12.6. The summed E-state index contributed by atoms with van der Waals surface area (Å²) in [7, 11) is 0. The molecule has 0 saturated heterocycles. The molecule has 0 rings (SSSR count). The molecule has 0 saturated carbocycles. The van der Waals surface area contributed by atoms with E-state index in [-0.39, 0.29) is 18.9 Å². The van der Waals surface area contributed by atoms with Crippen LogP contribution in [0.1, 0.15) is 41.0 Å². The summed E-state index contributed by atoms with van der Waals surface area (Å²) in [5, 5.41) is 9.18. The van der Waals surface area contributed by atoms with E-state index >= 15 is 0 Å². The van der Waals surface area contributed by atoms with E-state index in [1.165, 1.54) is 0 Å². The Morgan fingerprint density at radius 2 is 1.77 bits per heavy atom. The number of hydrogen-bond acceptors (Lipinski definition) is 5. The standard InChI is InChI=1S/C15H25NO6/c1-10(2)8-11(14(20)21)13(19)16(6-7-17)9-12(18)22-15(3,4)5/h7,10-11H,6,8-9H2,1-5H3,(H,20,21). The highest BCUT2D eigenvalue weighted by molar-refractivity contribution is 5.98. The molecule has 1 atom stereocenters. The monoisotopic (exact) mass is 315 g/mol. The van der Waals surface area contributed by atoms with Crippen molar-refractivity contribution >= 4 is 24.1 Å². The fraction of sp³-hybridized carbons (Fsp3) is 0.733. The van der Waals surface area contributed by atoms with Gasteiger partial charge in [0.05, 0.1) is 6.54 Å². The van der Waals surface area contributed by atoms with Gasteiger partial charge < -0.3 is 19.5 Å². The lowest BCUT2D eigenvalue weighted by molar-refractivity contribution is -0.162. The minimum atomic E-state index is -1.28. The molecular weight excluding hydrogens is 290 g/mol. The van der Waals surface area contributed by atoms with Gasteiger partial charge in [0.25, 0.3) is 0 Å². The second kappa shape index (κ2) is 8.51. The fourth-order valence-electron chi connectivity index (χ4n) is 1.85. The summed E-state index contributed by atoms with van der Waals surface area (Å²) in [6, 6.07) is 0. The smallest absolute Gasteiger partial charge is 0.326 e. The van der Waals surface area contributed by atoms with Gasteiger partial charge in [0.1, 0.15) is 24.3 Å². The zero-order valence-electron chi connectivity index (χ0n) is 13.8. The van der Waals surface area contributed by atoms with Crippen LogP contribution in [0, 0.1) is 11.8 Å². The van der Waals surface area contributed by atoms with E-state index in [1.54, 1.807) is 34.6 Å². The summed E-state index contributed by atoms with van der Waals surface area (Å²) >= 11 is 0. The highest BCUT2D eigenvalue weighted by atomic mass is 16.6. The van der Waals surface area contributed by atoms with Gasteiger partial charge in [-0.3, -0.25) is 14.4 Å². The van der Waals surface area contributed by atoms with Gasteiger partial charge in [0, 0.05) is 0 Å². The molecule has 22 heavy (non-hydrogen) atoms. The lowest BCUT2D eigenvalue weighted by Crippen LogP contribution is -2.44. The largest absolute Gasteiger partial charge is 0.481 e. The quantitative estimate of drug-likeness (QED) is 0.409. The van der Waals surface area contributed by atoms with Crippen LogP contribution < -0.4 is 0 Å². The Kier molecular flexibility index (Phi) is 7.76. The SMILES string of the molecule is CC(C)CC(C(=O)O)C(=O)N(CC=O)CC(=O)OC(C)(C)C. The van der Waals surface area contributed by atoms with E-state index in [0.29, 0.717) is 6.29 Å². The maximum atomic E-state index is 12.3. The number of aldehydes is 1. The lowest BCUT2D eigenvalue weighted by atomic mass is 9.96. The van der Waals surface area contributed by atoms with Crippen LogP contribution in [0.15, 0.2) is 0 Å². The van der Waals surface area contributed by atoms with Crippen LogP contribution in [-0.2, 0) is 23.9 Å². The van der Waals surface area contributed by atoms with Crippen LogP contribution >= 0.6 is 0 Å². The third kappa shape index (κ3) is 7.75. The number of amides is 1. The Morgan fingerprint density at radius 1 is 1.23 bits per heavy atom. The summed E-state index contributed by atoms with van der Waals surface area (Å²) in [5.74, 6) is -3.98. The molecule has 0 fully saturated rings. The third-order valence-corrected chi connectivity index (χ3v) is 2.65. The molecule has 0 aromatic carbocycles. The molecule has 126 valence electrons. The predicted octanol–water partition coefficient (Wildman–Crippen LogP) is 1.10. The Morgan fingerprint density at radius 3 is 2.14 bits per heavy atom. The number of carboxylic acids is 1. The number of rotatable bonds is 8. The minimum Gasteiger partial charge on any atom is -0.481 e. The Hall–Kier alpha value is -1.92. The molecule has 0 bridgehead atoms. The molecule has 0 heterocycles. The van der Waals surface area contributed by atoms with Gasteiger partial charge in [-0.2, -0.15) is 0 Å². The van der Waals surface area contributed by atoms with Crippen molar-refractivity contribution in [2.45, 2.75) is 46.6 Å². The number of aliphatic carboxylic acids is 1. The first-order valence-electron chi connectivity index (χ1n) is 7.15. The van der Waals surface area contributed by atoms with Gasteiger partial charge in [0.2, 0.25) is 5.91 Å². The highest BCUT2D eigenvalue weighted by Crippen LogP contribution is 2.16. The molecular formula is C15H25NO6. The fourth-order valence-corrected chi connectivity index (χ4v) is 1.85. The minimum absolute atomic E-state index is 0.00958. The number of ether oxygens (including phenoxy) is 1. The average molecular weight is 315 g/mol. The first-order chi connectivity index (χ1) is 9.97. The molecule has 0 aromatic heterocycles. The maximum Gasteiger partial charge on any atom is 0.326 e. The zero-order chi connectivity index (χ0) is 17.5. The van der Waals surface area contributed by atoms with E-state index in [9.17, 15) is 24.3 Å². The summed E-state index contributed by atoms with van der Waals surface area (Å²) in [6.07, 6.45) is 0.592. The number of carboxylic acid groups (broad SMARTS) is 1. The molecule has 0 aliphatic rings. The van der Waals surface area contributed by atoms with Crippen molar-refractivity contribution in [3.63, 3.8) is 0 Å². The molecule has 7 heteroatoms. The molecule has 0 aliphatic carbocycles. The Balaban J connectivity index is 5.05. The van der Waals surface area contributed by atoms with Crippen LogP contribution in [0.3, 0.4) is 0 Å². The van der Waals surface area contributed by atoms with Crippen molar-refractivity contribution in [1.29, 1.82) is 0 Å². The molecule has 1 amide bonds. The van der Waals surface area contributed by atoms with Crippen LogP contribution in [0.5, 0.6) is 0 Å². The van der Waals surface area contributed by atoms with Gasteiger partial charge in [-0.05, 0) is 33.1 Å².